The fraction of sp³-hybridized carbons (Fsp3) is 0.118. The van der Waals surface area contributed by atoms with Crippen LogP contribution in [-0.4, -0.2) is 20.4 Å². The second-order valence-corrected chi connectivity index (χ2v) is 7.42. The van der Waals surface area contributed by atoms with Gasteiger partial charge in [0, 0.05) is 44.2 Å². The normalized spacial score (nSPS) is 11.9. The summed E-state index contributed by atoms with van der Waals surface area (Å²) in [5, 5.41) is 11.7. The first-order valence-electron chi connectivity index (χ1n) is 7.03. The number of hydrogen-bond donors (Lipinski definition) is 1. The molecule has 0 radical (unpaired) electrons. The molecule has 7 heteroatoms. The van der Waals surface area contributed by atoms with E-state index >= 15 is 0 Å². The molecule has 24 heavy (non-hydrogen) atoms. The van der Waals surface area contributed by atoms with Crippen LogP contribution >= 0.6 is 11.3 Å². The quantitative estimate of drug-likeness (QED) is 0.782. The van der Waals surface area contributed by atoms with Gasteiger partial charge >= 0.3 is 0 Å². The van der Waals surface area contributed by atoms with Gasteiger partial charge in [-0.1, -0.05) is 12.1 Å². The molecule has 2 aromatic heterocycles. The molecule has 3 aromatic rings. The van der Waals surface area contributed by atoms with Crippen molar-refractivity contribution in [1.82, 2.24) is 9.97 Å². The lowest BCUT2D eigenvalue weighted by atomic mass is 10.1. The van der Waals surface area contributed by atoms with E-state index < -0.39 is 16.4 Å². The van der Waals surface area contributed by atoms with Crippen LogP contribution in [-0.2, 0) is 10.8 Å². The van der Waals surface area contributed by atoms with Crippen LogP contribution in [0.5, 0.6) is 0 Å². The molecule has 0 aliphatic heterocycles. The molecule has 0 aliphatic carbocycles. The van der Waals surface area contributed by atoms with Gasteiger partial charge in [-0.2, -0.15) is 5.26 Å². The van der Waals surface area contributed by atoms with Gasteiger partial charge in [0.15, 0.2) is 0 Å². The Labute approximate surface area is 145 Å². The second kappa shape index (κ2) is 6.51. The molecule has 1 aromatic carbocycles. The number of benzene rings is 1. The molecule has 120 valence electrons. The van der Waals surface area contributed by atoms with Crippen molar-refractivity contribution in [3.8, 4) is 27.9 Å². The zero-order valence-corrected chi connectivity index (χ0v) is 14.6. The summed E-state index contributed by atoms with van der Waals surface area (Å²) in [6.45, 7) is 1.78. The molecule has 1 N–H and O–H groups in total. The second-order valence-electron chi connectivity index (χ2n) is 5.18. The number of aryl methyl sites for hydroxylation is 1. The van der Waals surface area contributed by atoms with Crippen LogP contribution in [0.1, 0.15) is 11.3 Å². The number of nitriles is 1. The van der Waals surface area contributed by atoms with E-state index in [4.69, 9.17) is 5.26 Å². The lowest BCUT2D eigenvalue weighted by Crippen LogP contribution is -2.11. The van der Waals surface area contributed by atoms with Gasteiger partial charge in [-0.25, -0.2) is 4.98 Å². The topological polar surface area (TPSA) is 86.6 Å². The number of H-pyrrole nitrogens is 1. The first-order valence-corrected chi connectivity index (χ1v) is 9.47. The maximum Gasteiger partial charge on any atom is 0.266 e. The van der Waals surface area contributed by atoms with E-state index in [0.29, 0.717) is 11.4 Å². The summed E-state index contributed by atoms with van der Waals surface area (Å²) in [7, 11) is -1.01. The Morgan fingerprint density at radius 2 is 2.00 bits per heavy atom. The first-order chi connectivity index (χ1) is 11.5. The minimum Gasteiger partial charge on any atom is -0.325 e. The van der Waals surface area contributed by atoms with Gasteiger partial charge in [0.2, 0.25) is 0 Å². The average molecular weight is 355 g/mol. The van der Waals surface area contributed by atoms with Crippen molar-refractivity contribution in [2.75, 3.05) is 6.26 Å². The Kier molecular flexibility index (Phi) is 4.42. The van der Waals surface area contributed by atoms with Crippen LogP contribution in [0.4, 0.5) is 0 Å². The number of aromatic nitrogens is 2. The molecule has 1 unspecified atom stereocenters. The molecule has 0 aliphatic rings. The minimum absolute atomic E-state index is 0.0694. The molecular weight excluding hydrogens is 342 g/mol. The number of pyridine rings is 1. The highest BCUT2D eigenvalue weighted by atomic mass is 32.2. The minimum atomic E-state index is -1.01. The molecule has 0 fully saturated rings. The van der Waals surface area contributed by atoms with Crippen molar-refractivity contribution in [3.63, 3.8) is 0 Å². The zero-order chi connectivity index (χ0) is 17.3. The summed E-state index contributed by atoms with van der Waals surface area (Å²) in [6, 6.07) is 10.9. The molecule has 3 rings (SSSR count). The van der Waals surface area contributed by atoms with E-state index in [1.807, 2.05) is 35.7 Å². The Morgan fingerprint density at radius 1 is 1.29 bits per heavy atom. The van der Waals surface area contributed by atoms with Crippen LogP contribution < -0.4 is 5.56 Å². The molecule has 2 heterocycles. The van der Waals surface area contributed by atoms with E-state index in [2.05, 4.69) is 9.97 Å². The fourth-order valence-electron chi connectivity index (χ4n) is 2.29. The van der Waals surface area contributed by atoms with Gasteiger partial charge in [-0.05, 0) is 25.1 Å². The van der Waals surface area contributed by atoms with Gasteiger partial charge in [0.05, 0.1) is 5.69 Å². The predicted molar refractivity (Wildman–Crippen MR) is 95.4 cm³/mol. The fourth-order valence-corrected chi connectivity index (χ4v) is 3.64. The Morgan fingerprint density at radius 3 is 2.62 bits per heavy atom. The summed E-state index contributed by atoms with van der Waals surface area (Å²) >= 11 is 1.48. The number of thiazole rings is 1. The molecule has 0 saturated heterocycles. The van der Waals surface area contributed by atoms with Gasteiger partial charge in [-0.15, -0.1) is 11.3 Å². The number of aromatic amines is 1. The molecule has 0 amide bonds. The summed E-state index contributed by atoms with van der Waals surface area (Å²) in [5.74, 6) is 0. The van der Waals surface area contributed by atoms with E-state index in [-0.39, 0.29) is 5.56 Å². The average Bonchev–Trinajstić information content (AvgIpc) is 3.05. The number of nitrogens with one attached hydrogen (secondary N) is 1. The molecule has 0 bridgehead atoms. The van der Waals surface area contributed by atoms with Crippen LogP contribution in [0.25, 0.3) is 21.8 Å². The summed E-state index contributed by atoms with van der Waals surface area (Å²) in [6.07, 6.45) is 1.64. The molecule has 0 saturated carbocycles. The summed E-state index contributed by atoms with van der Waals surface area (Å²) in [4.78, 5) is 19.7. The highest BCUT2D eigenvalue weighted by molar-refractivity contribution is 7.84. The van der Waals surface area contributed by atoms with Gasteiger partial charge in [0.25, 0.3) is 5.56 Å². The zero-order valence-electron chi connectivity index (χ0n) is 13.0. The number of nitrogens with zero attached hydrogens (tertiary/aromatic N) is 2. The van der Waals surface area contributed by atoms with Crippen LogP contribution in [0.2, 0.25) is 0 Å². The van der Waals surface area contributed by atoms with Crippen LogP contribution in [0.15, 0.2) is 45.4 Å². The highest BCUT2D eigenvalue weighted by Crippen LogP contribution is 2.30. The van der Waals surface area contributed by atoms with Gasteiger partial charge < -0.3 is 4.98 Å². The van der Waals surface area contributed by atoms with Gasteiger partial charge in [-0.3, -0.25) is 9.00 Å². The lowest BCUT2D eigenvalue weighted by Gasteiger charge is -2.03. The van der Waals surface area contributed by atoms with Crippen molar-refractivity contribution < 1.29 is 4.21 Å². The van der Waals surface area contributed by atoms with Crippen LogP contribution in [0.3, 0.4) is 0 Å². The summed E-state index contributed by atoms with van der Waals surface area (Å²) < 4.78 is 11.5. The first kappa shape index (κ1) is 16.3. The Balaban J connectivity index is 2.01. The molecule has 0 spiro atoms. The highest BCUT2D eigenvalue weighted by Gasteiger charge is 2.12. The standard InChI is InChI=1S/C17H13N3O2S2/c1-10-14(7-12(8-18)16(21)19-10)15-9-23-17(20-15)11-3-5-13(6-4-11)24(2)22/h3-7,9H,1-2H3,(H,19,21). The van der Waals surface area contributed by atoms with Crippen molar-refractivity contribution in [2.45, 2.75) is 11.8 Å². The van der Waals surface area contributed by atoms with E-state index in [0.717, 1.165) is 21.0 Å². The monoisotopic (exact) mass is 355 g/mol. The Hall–Kier alpha value is -2.56. The third-order valence-electron chi connectivity index (χ3n) is 3.57. The van der Waals surface area contributed by atoms with Crippen molar-refractivity contribution in [1.29, 1.82) is 5.26 Å². The summed E-state index contributed by atoms with van der Waals surface area (Å²) in [5.41, 5.74) is 2.73. The lowest BCUT2D eigenvalue weighted by molar-refractivity contribution is 0.687. The van der Waals surface area contributed by atoms with Crippen molar-refractivity contribution >= 4 is 22.1 Å². The van der Waals surface area contributed by atoms with E-state index in [1.165, 1.54) is 11.3 Å². The third kappa shape index (κ3) is 3.07. The maximum atomic E-state index is 11.6. The number of rotatable bonds is 3. The van der Waals surface area contributed by atoms with Crippen molar-refractivity contribution in [3.05, 3.63) is 57.3 Å². The smallest absolute Gasteiger partial charge is 0.266 e. The SMILES string of the molecule is Cc1[nH]c(=O)c(C#N)cc1-c1csc(-c2ccc(S(C)=O)cc2)n1. The molecule has 5 nitrogen and oxygen atoms in total. The van der Waals surface area contributed by atoms with E-state index in [1.54, 1.807) is 19.2 Å². The third-order valence-corrected chi connectivity index (χ3v) is 5.40. The predicted octanol–water partition coefficient (Wildman–Crippen LogP) is 3.08. The molecular formula is C17H13N3O2S2. The maximum absolute atomic E-state index is 11.6. The van der Waals surface area contributed by atoms with Crippen LogP contribution in [0, 0.1) is 18.3 Å². The van der Waals surface area contributed by atoms with E-state index in [9.17, 15) is 9.00 Å². The van der Waals surface area contributed by atoms with Crippen molar-refractivity contribution in [2.24, 2.45) is 0 Å². The number of hydrogen-bond acceptors (Lipinski definition) is 5. The Bertz CT molecular complexity index is 1030. The molecule has 1 atom stereocenters. The largest absolute Gasteiger partial charge is 0.325 e. The van der Waals surface area contributed by atoms with Gasteiger partial charge in [0.1, 0.15) is 16.6 Å².